The molecule has 4 heteroatoms. The molecule has 2 N–H and O–H groups in total. The molecule has 0 aliphatic carbocycles. The SMILES string of the molecule is CCC(CCN)CCC(=O)N1CCC(N(CC)CC)CC1. The predicted molar refractivity (Wildman–Crippen MR) is 89.2 cm³/mol. The van der Waals surface area contributed by atoms with Gasteiger partial charge in [0, 0.05) is 25.6 Å². The van der Waals surface area contributed by atoms with E-state index >= 15 is 0 Å². The molecule has 0 saturated carbocycles. The van der Waals surface area contributed by atoms with Crippen LogP contribution in [0.4, 0.5) is 0 Å². The Morgan fingerprint density at radius 3 is 2.29 bits per heavy atom. The van der Waals surface area contributed by atoms with E-state index in [-0.39, 0.29) is 0 Å². The molecular formula is C17H35N3O. The van der Waals surface area contributed by atoms with Gasteiger partial charge < -0.3 is 15.5 Å². The van der Waals surface area contributed by atoms with E-state index in [9.17, 15) is 4.79 Å². The third-order valence-corrected chi connectivity index (χ3v) is 5.06. The van der Waals surface area contributed by atoms with E-state index in [1.54, 1.807) is 0 Å². The molecule has 0 bridgehead atoms. The van der Waals surface area contributed by atoms with Crippen molar-refractivity contribution in [1.29, 1.82) is 0 Å². The summed E-state index contributed by atoms with van der Waals surface area (Å²) in [4.78, 5) is 16.9. The van der Waals surface area contributed by atoms with Gasteiger partial charge in [0.05, 0.1) is 0 Å². The minimum absolute atomic E-state index is 0.350. The fourth-order valence-corrected chi connectivity index (χ4v) is 3.49. The highest BCUT2D eigenvalue weighted by atomic mass is 16.2. The van der Waals surface area contributed by atoms with Crippen molar-refractivity contribution in [2.24, 2.45) is 11.7 Å². The smallest absolute Gasteiger partial charge is 0.222 e. The lowest BCUT2D eigenvalue weighted by atomic mass is 9.96. The van der Waals surface area contributed by atoms with Crippen molar-refractivity contribution in [2.45, 2.75) is 65.3 Å². The zero-order chi connectivity index (χ0) is 15.7. The molecule has 0 radical (unpaired) electrons. The van der Waals surface area contributed by atoms with Crippen molar-refractivity contribution in [3.05, 3.63) is 0 Å². The standard InChI is InChI=1S/C17H35N3O/c1-4-15(9-12-18)7-8-17(21)20-13-10-16(11-14-20)19(5-2)6-3/h15-16H,4-14,18H2,1-3H3. The number of rotatable bonds is 9. The van der Waals surface area contributed by atoms with Crippen molar-refractivity contribution in [3.8, 4) is 0 Å². The summed E-state index contributed by atoms with van der Waals surface area (Å²) in [6.07, 6.45) is 6.15. The minimum Gasteiger partial charge on any atom is -0.343 e. The Kier molecular flexibility index (Phi) is 8.93. The van der Waals surface area contributed by atoms with Gasteiger partial charge in [-0.25, -0.2) is 0 Å². The van der Waals surface area contributed by atoms with Gasteiger partial charge in [0.15, 0.2) is 0 Å². The zero-order valence-electron chi connectivity index (χ0n) is 14.3. The molecule has 1 rings (SSSR count). The number of carbonyl (C=O) groups is 1. The first-order valence-electron chi connectivity index (χ1n) is 8.88. The number of nitrogens with zero attached hydrogens (tertiary/aromatic N) is 2. The monoisotopic (exact) mass is 297 g/mol. The molecule has 0 aromatic heterocycles. The summed E-state index contributed by atoms with van der Waals surface area (Å²) in [5.41, 5.74) is 5.62. The quantitative estimate of drug-likeness (QED) is 0.711. The van der Waals surface area contributed by atoms with Crippen LogP contribution in [0.3, 0.4) is 0 Å². The van der Waals surface area contributed by atoms with E-state index in [0.717, 1.165) is 64.8 Å². The van der Waals surface area contributed by atoms with Crippen molar-refractivity contribution < 1.29 is 4.79 Å². The maximum Gasteiger partial charge on any atom is 0.222 e. The zero-order valence-corrected chi connectivity index (χ0v) is 14.3. The second kappa shape index (κ2) is 10.2. The highest BCUT2D eigenvalue weighted by Crippen LogP contribution is 2.19. The molecule has 1 atom stereocenters. The first-order valence-corrected chi connectivity index (χ1v) is 8.88. The van der Waals surface area contributed by atoms with Gasteiger partial charge in [0.2, 0.25) is 5.91 Å². The second-order valence-electron chi connectivity index (χ2n) is 6.22. The van der Waals surface area contributed by atoms with E-state index in [2.05, 4.69) is 30.6 Å². The summed E-state index contributed by atoms with van der Waals surface area (Å²) in [6.45, 7) is 11.5. The number of hydrogen-bond donors (Lipinski definition) is 1. The molecule has 1 saturated heterocycles. The Morgan fingerprint density at radius 2 is 1.81 bits per heavy atom. The van der Waals surface area contributed by atoms with Gasteiger partial charge in [-0.3, -0.25) is 4.79 Å². The van der Waals surface area contributed by atoms with Crippen LogP contribution in [0.5, 0.6) is 0 Å². The van der Waals surface area contributed by atoms with Crippen LogP contribution in [0.1, 0.15) is 59.3 Å². The molecule has 1 amide bonds. The van der Waals surface area contributed by atoms with Gasteiger partial charge in [0.1, 0.15) is 0 Å². The minimum atomic E-state index is 0.350. The molecule has 1 aliphatic heterocycles. The van der Waals surface area contributed by atoms with Crippen LogP contribution in [0.25, 0.3) is 0 Å². The van der Waals surface area contributed by atoms with Crippen LogP contribution in [0.15, 0.2) is 0 Å². The van der Waals surface area contributed by atoms with Crippen molar-refractivity contribution in [3.63, 3.8) is 0 Å². The molecule has 1 heterocycles. The molecule has 0 aromatic carbocycles. The Bertz CT molecular complexity index is 284. The van der Waals surface area contributed by atoms with Crippen molar-refractivity contribution in [2.75, 3.05) is 32.7 Å². The average Bonchev–Trinajstić information content (AvgIpc) is 2.53. The number of nitrogens with two attached hydrogens (primary N) is 1. The van der Waals surface area contributed by atoms with Crippen molar-refractivity contribution >= 4 is 5.91 Å². The van der Waals surface area contributed by atoms with Crippen LogP contribution < -0.4 is 5.73 Å². The van der Waals surface area contributed by atoms with E-state index < -0.39 is 0 Å². The number of likely N-dealkylation sites (tertiary alicyclic amines) is 1. The summed E-state index contributed by atoms with van der Waals surface area (Å²) < 4.78 is 0. The van der Waals surface area contributed by atoms with Crippen LogP contribution in [0.2, 0.25) is 0 Å². The number of piperidine rings is 1. The third kappa shape index (κ3) is 5.95. The van der Waals surface area contributed by atoms with Gasteiger partial charge >= 0.3 is 0 Å². The lowest BCUT2D eigenvalue weighted by molar-refractivity contribution is -0.133. The number of carbonyl (C=O) groups excluding carboxylic acids is 1. The van der Waals surface area contributed by atoms with E-state index in [4.69, 9.17) is 5.73 Å². The normalized spacial score (nSPS) is 18.2. The molecule has 0 spiro atoms. The summed E-state index contributed by atoms with van der Waals surface area (Å²) in [5.74, 6) is 0.968. The van der Waals surface area contributed by atoms with Gasteiger partial charge in [-0.2, -0.15) is 0 Å². The topological polar surface area (TPSA) is 49.6 Å². The van der Waals surface area contributed by atoms with Gasteiger partial charge in [0.25, 0.3) is 0 Å². The third-order valence-electron chi connectivity index (χ3n) is 5.06. The van der Waals surface area contributed by atoms with Crippen LogP contribution in [0, 0.1) is 5.92 Å². The summed E-state index contributed by atoms with van der Waals surface area (Å²) in [5, 5.41) is 0. The molecule has 124 valence electrons. The average molecular weight is 297 g/mol. The molecular weight excluding hydrogens is 262 g/mol. The highest BCUT2D eigenvalue weighted by molar-refractivity contribution is 5.76. The maximum absolute atomic E-state index is 12.3. The fraction of sp³-hybridized carbons (Fsp3) is 0.941. The lowest BCUT2D eigenvalue weighted by Crippen LogP contribution is -2.46. The largest absolute Gasteiger partial charge is 0.343 e. The Morgan fingerprint density at radius 1 is 1.19 bits per heavy atom. The van der Waals surface area contributed by atoms with Crippen molar-refractivity contribution in [1.82, 2.24) is 9.80 Å². The number of amides is 1. The first kappa shape index (κ1) is 18.4. The van der Waals surface area contributed by atoms with Crippen LogP contribution in [-0.4, -0.2) is 54.5 Å². The van der Waals surface area contributed by atoms with Crippen LogP contribution >= 0.6 is 0 Å². The Balaban J connectivity index is 2.31. The molecule has 4 nitrogen and oxygen atoms in total. The second-order valence-corrected chi connectivity index (χ2v) is 6.22. The molecule has 0 aromatic rings. The van der Waals surface area contributed by atoms with Crippen LogP contribution in [-0.2, 0) is 4.79 Å². The number of hydrogen-bond acceptors (Lipinski definition) is 3. The van der Waals surface area contributed by atoms with E-state index in [1.807, 2.05) is 0 Å². The maximum atomic E-state index is 12.3. The first-order chi connectivity index (χ1) is 10.2. The summed E-state index contributed by atoms with van der Waals surface area (Å²) in [7, 11) is 0. The van der Waals surface area contributed by atoms with E-state index in [0.29, 0.717) is 24.3 Å². The lowest BCUT2D eigenvalue weighted by Gasteiger charge is -2.37. The molecule has 1 aliphatic rings. The summed E-state index contributed by atoms with van der Waals surface area (Å²) in [6, 6.07) is 0.671. The fourth-order valence-electron chi connectivity index (χ4n) is 3.49. The van der Waals surface area contributed by atoms with Gasteiger partial charge in [-0.05, 0) is 51.2 Å². The predicted octanol–water partition coefficient (Wildman–Crippen LogP) is 2.47. The molecule has 1 unspecified atom stereocenters. The molecule has 21 heavy (non-hydrogen) atoms. The molecule has 1 fully saturated rings. The van der Waals surface area contributed by atoms with Gasteiger partial charge in [-0.1, -0.05) is 27.2 Å². The Hall–Kier alpha value is -0.610. The van der Waals surface area contributed by atoms with Gasteiger partial charge in [-0.15, -0.1) is 0 Å². The summed E-state index contributed by atoms with van der Waals surface area (Å²) >= 11 is 0. The highest BCUT2D eigenvalue weighted by Gasteiger charge is 2.25. The van der Waals surface area contributed by atoms with E-state index in [1.165, 1.54) is 0 Å². The Labute approximate surface area is 131 Å².